The van der Waals surface area contributed by atoms with Gasteiger partial charge in [0, 0.05) is 0 Å². The van der Waals surface area contributed by atoms with Crippen LogP contribution in [0.2, 0.25) is 0 Å². The van der Waals surface area contributed by atoms with E-state index >= 15 is 0 Å². The monoisotopic (exact) mass is 222 g/mol. The van der Waals surface area contributed by atoms with Crippen molar-refractivity contribution in [2.24, 2.45) is 0 Å². The maximum Gasteiger partial charge on any atom is 0.118 e. The molecule has 1 aromatic rings. The normalized spacial score (nSPS) is 25.4. The van der Waals surface area contributed by atoms with Gasteiger partial charge in [-0.25, -0.2) is 0 Å². The maximum absolute atomic E-state index is 9.09. The van der Waals surface area contributed by atoms with E-state index in [0.717, 1.165) is 25.0 Å². The first-order valence-corrected chi connectivity index (χ1v) is 5.73. The fourth-order valence-corrected chi connectivity index (χ4v) is 2.10. The van der Waals surface area contributed by atoms with Gasteiger partial charge in [0.1, 0.15) is 5.75 Å². The highest BCUT2D eigenvalue weighted by Crippen LogP contribution is 2.31. The predicted octanol–water partition coefficient (Wildman–Crippen LogP) is 2.30. The molecule has 0 amide bonds. The standard InChI is InChI=1S/C13H18O3/c1-15-11-7-5-10(6-8-11)13-4-2-3-12(9-14)16-13/h5-8,12-14H,2-4,9H2,1H3. The van der Waals surface area contributed by atoms with Crippen LogP contribution in [0.5, 0.6) is 5.75 Å². The Hall–Kier alpha value is -1.06. The van der Waals surface area contributed by atoms with Crippen molar-refractivity contribution in [3.05, 3.63) is 29.8 Å². The smallest absolute Gasteiger partial charge is 0.118 e. The summed E-state index contributed by atoms with van der Waals surface area (Å²) in [6.45, 7) is 0.118. The summed E-state index contributed by atoms with van der Waals surface area (Å²) in [5.74, 6) is 0.860. The Morgan fingerprint density at radius 3 is 2.69 bits per heavy atom. The van der Waals surface area contributed by atoms with Crippen molar-refractivity contribution < 1.29 is 14.6 Å². The molecule has 0 radical (unpaired) electrons. The van der Waals surface area contributed by atoms with Gasteiger partial charge in [0.25, 0.3) is 0 Å². The van der Waals surface area contributed by atoms with E-state index in [0.29, 0.717) is 0 Å². The van der Waals surface area contributed by atoms with Crippen LogP contribution in [0.1, 0.15) is 30.9 Å². The molecule has 1 aromatic carbocycles. The van der Waals surface area contributed by atoms with Crippen molar-refractivity contribution in [3.63, 3.8) is 0 Å². The van der Waals surface area contributed by atoms with Crippen molar-refractivity contribution in [1.82, 2.24) is 0 Å². The fourth-order valence-electron chi connectivity index (χ4n) is 2.10. The number of hydrogen-bond donors (Lipinski definition) is 1. The lowest BCUT2D eigenvalue weighted by Crippen LogP contribution is -2.25. The van der Waals surface area contributed by atoms with E-state index in [1.54, 1.807) is 7.11 Å². The van der Waals surface area contributed by atoms with E-state index in [-0.39, 0.29) is 18.8 Å². The van der Waals surface area contributed by atoms with E-state index in [1.165, 1.54) is 5.56 Å². The summed E-state index contributed by atoms with van der Waals surface area (Å²) in [6.07, 6.45) is 3.23. The molecule has 1 aliphatic heterocycles. The molecule has 16 heavy (non-hydrogen) atoms. The first-order chi connectivity index (χ1) is 7.83. The van der Waals surface area contributed by atoms with Gasteiger partial charge in [0.05, 0.1) is 25.9 Å². The van der Waals surface area contributed by atoms with Crippen LogP contribution in [-0.2, 0) is 4.74 Å². The van der Waals surface area contributed by atoms with Gasteiger partial charge in [0.2, 0.25) is 0 Å². The van der Waals surface area contributed by atoms with E-state index in [1.807, 2.05) is 24.3 Å². The zero-order chi connectivity index (χ0) is 11.4. The zero-order valence-electron chi connectivity index (χ0n) is 9.56. The van der Waals surface area contributed by atoms with Gasteiger partial charge < -0.3 is 14.6 Å². The van der Waals surface area contributed by atoms with Crippen LogP contribution in [0.15, 0.2) is 24.3 Å². The van der Waals surface area contributed by atoms with Crippen LogP contribution < -0.4 is 4.74 Å². The first kappa shape index (κ1) is 11.4. The Labute approximate surface area is 96.0 Å². The summed E-state index contributed by atoms with van der Waals surface area (Å²) in [4.78, 5) is 0. The van der Waals surface area contributed by atoms with Gasteiger partial charge in [-0.3, -0.25) is 0 Å². The molecule has 2 atom stereocenters. The van der Waals surface area contributed by atoms with Crippen LogP contribution in [-0.4, -0.2) is 24.9 Å². The third-order valence-corrected chi connectivity index (χ3v) is 3.04. The summed E-state index contributed by atoms with van der Waals surface area (Å²) in [5.41, 5.74) is 1.17. The molecule has 2 unspecified atom stereocenters. The number of aliphatic hydroxyl groups is 1. The van der Waals surface area contributed by atoms with Crippen LogP contribution in [0.3, 0.4) is 0 Å². The van der Waals surface area contributed by atoms with Crippen LogP contribution in [0.25, 0.3) is 0 Å². The lowest BCUT2D eigenvalue weighted by molar-refractivity contribution is -0.0737. The SMILES string of the molecule is COc1ccc(C2CCCC(CO)O2)cc1. The number of methoxy groups -OCH3 is 1. The second kappa shape index (κ2) is 5.32. The molecule has 1 fully saturated rings. The Balaban J connectivity index is 2.05. The van der Waals surface area contributed by atoms with Crippen molar-refractivity contribution in [3.8, 4) is 5.75 Å². The van der Waals surface area contributed by atoms with Gasteiger partial charge >= 0.3 is 0 Å². The summed E-state index contributed by atoms with van der Waals surface area (Å²) < 4.78 is 10.9. The minimum absolute atomic E-state index is 0.000789. The van der Waals surface area contributed by atoms with E-state index in [9.17, 15) is 0 Å². The zero-order valence-corrected chi connectivity index (χ0v) is 9.56. The Morgan fingerprint density at radius 1 is 1.31 bits per heavy atom. The molecular weight excluding hydrogens is 204 g/mol. The topological polar surface area (TPSA) is 38.7 Å². The molecule has 1 N–H and O–H groups in total. The molecule has 0 saturated carbocycles. The number of aliphatic hydroxyl groups excluding tert-OH is 1. The number of benzene rings is 1. The van der Waals surface area contributed by atoms with Gasteiger partial charge in [-0.15, -0.1) is 0 Å². The van der Waals surface area contributed by atoms with E-state index in [4.69, 9.17) is 14.6 Å². The average Bonchev–Trinajstić information content (AvgIpc) is 2.39. The minimum Gasteiger partial charge on any atom is -0.497 e. The Kier molecular flexibility index (Phi) is 3.80. The van der Waals surface area contributed by atoms with Crippen molar-refractivity contribution in [2.45, 2.75) is 31.5 Å². The summed E-state index contributed by atoms with van der Waals surface area (Å²) >= 11 is 0. The largest absolute Gasteiger partial charge is 0.497 e. The summed E-state index contributed by atoms with van der Waals surface area (Å²) in [6, 6.07) is 7.95. The van der Waals surface area contributed by atoms with Crippen LogP contribution in [0.4, 0.5) is 0 Å². The highest BCUT2D eigenvalue weighted by molar-refractivity contribution is 5.28. The number of ether oxygens (including phenoxy) is 2. The van der Waals surface area contributed by atoms with Crippen LogP contribution in [0, 0.1) is 0 Å². The summed E-state index contributed by atoms with van der Waals surface area (Å²) in [5, 5.41) is 9.09. The molecule has 0 aromatic heterocycles. The van der Waals surface area contributed by atoms with Crippen molar-refractivity contribution >= 4 is 0 Å². The Morgan fingerprint density at radius 2 is 2.06 bits per heavy atom. The second-order valence-electron chi connectivity index (χ2n) is 4.13. The summed E-state index contributed by atoms with van der Waals surface area (Å²) in [7, 11) is 1.66. The Bertz CT molecular complexity index is 320. The molecule has 1 saturated heterocycles. The third kappa shape index (κ3) is 2.54. The first-order valence-electron chi connectivity index (χ1n) is 5.73. The van der Waals surface area contributed by atoms with Gasteiger partial charge in [-0.1, -0.05) is 12.1 Å². The second-order valence-corrected chi connectivity index (χ2v) is 4.13. The van der Waals surface area contributed by atoms with Gasteiger partial charge in [-0.05, 0) is 37.0 Å². The highest BCUT2D eigenvalue weighted by Gasteiger charge is 2.22. The average molecular weight is 222 g/mol. The molecule has 0 bridgehead atoms. The highest BCUT2D eigenvalue weighted by atomic mass is 16.5. The maximum atomic E-state index is 9.09. The molecule has 1 heterocycles. The molecule has 3 heteroatoms. The van der Waals surface area contributed by atoms with E-state index < -0.39 is 0 Å². The molecule has 88 valence electrons. The van der Waals surface area contributed by atoms with E-state index in [2.05, 4.69) is 0 Å². The molecule has 3 nitrogen and oxygen atoms in total. The lowest BCUT2D eigenvalue weighted by atomic mass is 9.98. The quantitative estimate of drug-likeness (QED) is 0.852. The minimum atomic E-state index is 0.000789. The lowest BCUT2D eigenvalue weighted by Gasteiger charge is -2.29. The third-order valence-electron chi connectivity index (χ3n) is 3.04. The van der Waals surface area contributed by atoms with Gasteiger partial charge in [0.15, 0.2) is 0 Å². The van der Waals surface area contributed by atoms with Crippen LogP contribution >= 0.6 is 0 Å². The van der Waals surface area contributed by atoms with Gasteiger partial charge in [-0.2, -0.15) is 0 Å². The van der Waals surface area contributed by atoms with Crippen molar-refractivity contribution in [2.75, 3.05) is 13.7 Å². The molecule has 0 spiro atoms. The van der Waals surface area contributed by atoms with Crippen molar-refractivity contribution in [1.29, 1.82) is 0 Å². The molecule has 1 aliphatic rings. The number of hydrogen-bond acceptors (Lipinski definition) is 3. The predicted molar refractivity (Wildman–Crippen MR) is 61.5 cm³/mol. The fraction of sp³-hybridized carbons (Fsp3) is 0.538. The molecule has 2 rings (SSSR count). The number of rotatable bonds is 3. The molecule has 0 aliphatic carbocycles. The molecular formula is C13H18O3.